The van der Waals surface area contributed by atoms with Gasteiger partial charge in [0.05, 0.1) is 12.2 Å². The Kier molecular flexibility index (Phi) is 2.78. The first-order chi connectivity index (χ1) is 9.31. The molecule has 0 radical (unpaired) electrons. The minimum absolute atomic E-state index is 0.130. The first-order valence-corrected chi connectivity index (χ1v) is 6.79. The van der Waals surface area contributed by atoms with E-state index >= 15 is 0 Å². The third-order valence-corrected chi connectivity index (χ3v) is 3.70. The normalized spacial score (nSPS) is 21.1. The summed E-state index contributed by atoms with van der Waals surface area (Å²) in [5, 5.41) is 0. The summed E-state index contributed by atoms with van der Waals surface area (Å²) in [4.78, 5) is 13.4. The second-order valence-electron chi connectivity index (χ2n) is 6.12. The van der Waals surface area contributed by atoms with Gasteiger partial charge in [-0.15, -0.1) is 0 Å². The van der Waals surface area contributed by atoms with E-state index in [0.717, 1.165) is 0 Å². The molecule has 0 spiro atoms. The Morgan fingerprint density at radius 2 is 2.00 bits per heavy atom. The first-order valence-electron chi connectivity index (χ1n) is 6.79. The smallest absolute Gasteiger partial charge is 0.327 e. The molecular formula is C15H17F2NO2. The van der Waals surface area contributed by atoms with Crippen molar-refractivity contribution in [1.29, 1.82) is 0 Å². The van der Waals surface area contributed by atoms with Gasteiger partial charge in [-0.05, 0) is 38.8 Å². The van der Waals surface area contributed by atoms with E-state index in [9.17, 15) is 13.6 Å². The van der Waals surface area contributed by atoms with E-state index in [-0.39, 0.29) is 6.54 Å². The van der Waals surface area contributed by atoms with Crippen LogP contribution in [0.25, 0.3) is 0 Å². The predicted octanol–water partition coefficient (Wildman–Crippen LogP) is 3.24. The van der Waals surface area contributed by atoms with Crippen molar-refractivity contribution in [3.63, 3.8) is 0 Å². The minimum Gasteiger partial charge on any atom is -0.484 e. The van der Waals surface area contributed by atoms with Gasteiger partial charge in [0.15, 0.2) is 0 Å². The maximum Gasteiger partial charge on any atom is 0.327 e. The van der Waals surface area contributed by atoms with Crippen molar-refractivity contribution in [2.75, 3.05) is 11.4 Å². The van der Waals surface area contributed by atoms with Crippen LogP contribution in [-0.2, 0) is 4.79 Å². The van der Waals surface area contributed by atoms with Gasteiger partial charge in [-0.1, -0.05) is 12.1 Å². The number of fused-ring (bicyclic) bond motifs is 1. The topological polar surface area (TPSA) is 29.5 Å². The van der Waals surface area contributed by atoms with Gasteiger partial charge in [0.1, 0.15) is 11.4 Å². The number of carbonyl (C=O) groups is 1. The summed E-state index contributed by atoms with van der Waals surface area (Å²) in [7, 11) is 0. The van der Waals surface area contributed by atoms with E-state index in [0.29, 0.717) is 24.3 Å². The lowest BCUT2D eigenvalue weighted by Gasteiger charge is -2.40. The number of benzene rings is 1. The first kappa shape index (κ1) is 13.3. The fourth-order valence-corrected chi connectivity index (χ4v) is 2.54. The Morgan fingerprint density at radius 3 is 2.65 bits per heavy atom. The molecule has 1 amide bonds. The lowest BCUT2D eigenvalue weighted by Crippen LogP contribution is -2.54. The maximum absolute atomic E-state index is 14.1. The van der Waals surface area contributed by atoms with Crippen LogP contribution < -0.4 is 9.64 Å². The van der Waals surface area contributed by atoms with E-state index < -0.39 is 23.3 Å². The number of alkyl halides is 2. The molecule has 0 atom stereocenters. The largest absolute Gasteiger partial charge is 0.484 e. The van der Waals surface area contributed by atoms with Gasteiger partial charge in [0, 0.05) is 5.92 Å². The molecule has 0 N–H and O–H groups in total. The van der Waals surface area contributed by atoms with Gasteiger partial charge in [-0.25, -0.2) is 0 Å². The predicted molar refractivity (Wildman–Crippen MR) is 71.2 cm³/mol. The second-order valence-corrected chi connectivity index (χ2v) is 6.12. The van der Waals surface area contributed by atoms with Crippen molar-refractivity contribution in [3.8, 4) is 5.75 Å². The molecule has 0 saturated heterocycles. The van der Waals surface area contributed by atoms with Gasteiger partial charge in [-0.3, -0.25) is 9.69 Å². The molecule has 1 aromatic rings. The highest BCUT2D eigenvalue weighted by atomic mass is 19.3. The summed E-state index contributed by atoms with van der Waals surface area (Å²) in [5.41, 5.74) is -0.249. The van der Waals surface area contributed by atoms with Gasteiger partial charge in [-0.2, -0.15) is 8.78 Å². The van der Waals surface area contributed by atoms with E-state index in [2.05, 4.69) is 0 Å². The fourth-order valence-electron chi connectivity index (χ4n) is 2.54. The van der Waals surface area contributed by atoms with Gasteiger partial charge in [0.25, 0.3) is 5.91 Å². The van der Waals surface area contributed by atoms with Crippen LogP contribution in [0.4, 0.5) is 14.5 Å². The molecule has 5 heteroatoms. The van der Waals surface area contributed by atoms with E-state index in [1.54, 1.807) is 38.1 Å². The second kappa shape index (κ2) is 4.17. The Balaban J connectivity index is 1.98. The van der Waals surface area contributed by atoms with E-state index in [1.807, 2.05) is 0 Å². The molecule has 0 unspecified atom stereocenters. The summed E-state index contributed by atoms with van der Waals surface area (Å²) in [6, 6.07) is 6.83. The Hall–Kier alpha value is -1.65. The summed E-state index contributed by atoms with van der Waals surface area (Å²) in [6.07, 6.45) is 0.849. The van der Waals surface area contributed by atoms with Crippen LogP contribution in [-0.4, -0.2) is 24.0 Å². The van der Waals surface area contributed by atoms with Crippen LogP contribution in [0.2, 0.25) is 0 Å². The molecular weight excluding hydrogens is 264 g/mol. The third kappa shape index (κ3) is 2.15. The monoisotopic (exact) mass is 281 g/mol. The van der Waals surface area contributed by atoms with Gasteiger partial charge >= 0.3 is 5.92 Å². The Labute approximate surface area is 116 Å². The molecule has 1 aliphatic heterocycles. The van der Waals surface area contributed by atoms with E-state index in [4.69, 9.17) is 4.74 Å². The number of amides is 1. The molecule has 3 nitrogen and oxygen atoms in total. The van der Waals surface area contributed by atoms with Crippen LogP contribution in [0.1, 0.15) is 26.7 Å². The number of nitrogens with zero attached hydrogens (tertiary/aromatic N) is 1. The summed E-state index contributed by atoms with van der Waals surface area (Å²) in [6.45, 7) is 3.71. The van der Waals surface area contributed by atoms with Crippen LogP contribution in [0, 0.1) is 5.92 Å². The van der Waals surface area contributed by atoms with Crippen LogP contribution in [0.3, 0.4) is 0 Å². The summed E-state index contributed by atoms with van der Waals surface area (Å²) >= 11 is 0. The lowest BCUT2D eigenvalue weighted by atomic mass is 10.0. The lowest BCUT2D eigenvalue weighted by molar-refractivity contribution is -0.146. The number of ether oxygens (including phenoxy) is 1. The molecule has 1 saturated carbocycles. The molecule has 1 fully saturated rings. The highest BCUT2D eigenvalue weighted by Crippen LogP contribution is 2.46. The number of hydrogen-bond donors (Lipinski definition) is 0. The van der Waals surface area contributed by atoms with Crippen LogP contribution in [0.5, 0.6) is 5.75 Å². The highest BCUT2D eigenvalue weighted by Gasteiger charge is 2.55. The number of anilines is 1. The van der Waals surface area contributed by atoms with Crippen molar-refractivity contribution in [2.45, 2.75) is 38.2 Å². The molecule has 20 heavy (non-hydrogen) atoms. The minimum atomic E-state index is -3.28. The van der Waals surface area contributed by atoms with Crippen molar-refractivity contribution < 1.29 is 18.3 Å². The molecule has 0 aromatic heterocycles. The van der Waals surface area contributed by atoms with Crippen molar-refractivity contribution in [1.82, 2.24) is 0 Å². The van der Waals surface area contributed by atoms with Gasteiger partial charge < -0.3 is 4.74 Å². The molecule has 108 valence electrons. The molecule has 2 aliphatic rings. The van der Waals surface area contributed by atoms with Crippen molar-refractivity contribution in [2.24, 2.45) is 5.92 Å². The fraction of sp³-hybridized carbons (Fsp3) is 0.533. The number of hydrogen-bond acceptors (Lipinski definition) is 2. The quantitative estimate of drug-likeness (QED) is 0.833. The number of para-hydroxylation sites is 2. The summed E-state index contributed by atoms with van der Waals surface area (Å²) in [5.74, 6) is -4.71. The number of halogens is 2. The van der Waals surface area contributed by atoms with Gasteiger partial charge in [0.2, 0.25) is 0 Å². The zero-order valence-electron chi connectivity index (χ0n) is 11.5. The standard InChI is InChI=1S/C15H17F2NO2/c1-14(2)9-18(11-5-3-4-6-12(11)20-14)13(19)15(16,17)10-7-8-10/h3-6,10H,7-9H2,1-2H3. The maximum atomic E-state index is 14.1. The SMILES string of the molecule is CC1(C)CN(C(=O)C(F)(F)C2CC2)c2ccccc2O1. The molecule has 1 heterocycles. The number of rotatable bonds is 2. The van der Waals surface area contributed by atoms with Crippen LogP contribution >= 0.6 is 0 Å². The average Bonchev–Trinajstić information content (AvgIpc) is 3.20. The van der Waals surface area contributed by atoms with E-state index in [1.165, 1.54) is 4.90 Å². The molecule has 3 rings (SSSR count). The van der Waals surface area contributed by atoms with Crippen molar-refractivity contribution >= 4 is 11.6 Å². The van der Waals surface area contributed by atoms with Crippen molar-refractivity contribution in [3.05, 3.63) is 24.3 Å². The van der Waals surface area contributed by atoms with Crippen LogP contribution in [0.15, 0.2) is 24.3 Å². The third-order valence-electron chi connectivity index (χ3n) is 3.70. The molecule has 1 aliphatic carbocycles. The molecule has 0 bridgehead atoms. The highest BCUT2D eigenvalue weighted by molar-refractivity contribution is 6.00. The number of carbonyl (C=O) groups excluding carboxylic acids is 1. The Morgan fingerprint density at radius 1 is 1.35 bits per heavy atom. The molecule has 1 aromatic carbocycles. The summed E-state index contributed by atoms with van der Waals surface area (Å²) < 4.78 is 34.0. The zero-order valence-corrected chi connectivity index (χ0v) is 11.5. The average molecular weight is 281 g/mol. The zero-order chi connectivity index (χ0) is 14.5. The Bertz CT molecular complexity index is 553.